The Balaban J connectivity index is 2.10. The van der Waals surface area contributed by atoms with Gasteiger partial charge in [-0.2, -0.15) is 0 Å². The van der Waals surface area contributed by atoms with Crippen molar-refractivity contribution in [2.45, 2.75) is 59.6 Å². The van der Waals surface area contributed by atoms with Crippen molar-refractivity contribution in [1.82, 2.24) is 5.32 Å². The van der Waals surface area contributed by atoms with E-state index in [9.17, 15) is 4.79 Å². The van der Waals surface area contributed by atoms with Gasteiger partial charge in [-0.05, 0) is 74.1 Å². The Morgan fingerprint density at radius 2 is 1.73 bits per heavy atom. The van der Waals surface area contributed by atoms with Gasteiger partial charge in [0, 0.05) is 5.02 Å². The van der Waals surface area contributed by atoms with E-state index in [0.717, 1.165) is 17.5 Å². The van der Waals surface area contributed by atoms with Gasteiger partial charge < -0.3 is 10.1 Å². The first-order valence-corrected chi connectivity index (χ1v) is 9.53. The first-order valence-electron chi connectivity index (χ1n) is 9.16. The van der Waals surface area contributed by atoms with Crippen molar-refractivity contribution >= 4 is 17.5 Å². The van der Waals surface area contributed by atoms with Crippen LogP contribution in [-0.2, 0) is 4.79 Å². The van der Waals surface area contributed by atoms with Gasteiger partial charge >= 0.3 is 0 Å². The molecule has 0 aliphatic rings. The molecule has 0 aliphatic carbocycles. The molecule has 140 valence electrons. The molecule has 0 saturated heterocycles. The minimum atomic E-state index is -0.531. The number of carbonyl (C=O) groups is 1. The molecule has 26 heavy (non-hydrogen) atoms. The highest BCUT2D eigenvalue weighted by Crippen LogP contribution is 2.24. The summed E-state index contributed by atoms with van der Waals surface area (Å²) in [6.45, 7) is 10.1. The van der Waals surface area contributed by atoms with Gasteiger partial charge in [-0.3, -0.25) is 4.79 Å². The van der Waals surface area contributed by atoms with E-state index in [1.54, 1.807) is 12.1 Å². The van der Waals surface area contributed by atoms with Crippen LogP contribution in [0, 0.1) is 20.8 Å². The smallest absolute Gasteiger partial charge is 0.261 e. The fourth-order valence-electron chi connectivity index (χ4n) is 2.84. The summed E-state index contributed by atoms with van der Waals surface area (Å²) in [5, 5.41) is 3.83. The maximum atomic E-state index is 12.8. The molecule has 0 unspecified atom stereocenters. The van der Waals surface area contributed by atoms with E-state index < -0.39 is 6.10 Å². The summed E-state index contributed by atoms with van der Waals surface area (Å²) in [7, 11) is 0. The number of hydrogen-bond acceptors (Lipinski definition) is 2. The van der Waals surface area contributed by atoms with E-state index in [2.05, 4.69) is 44.3 Å². The van der Waals surface area contributed by atoms with Gasteiger partial charge in [0.15, 0.2) is 6.10 Å². The lowest BCUT2D eigenvalue weighted by molar-refractivity contribution is -0.128. The van der Waals surface area contributed by atoms with Gasteiger partial charge in [-0.1, -0.05) is 43.6 Å². The highest BCUT2D eigenvalue weighted by atomic mass is 35.5. The van der Waals surface area contributed by atoms with E-state index in [4.69, 9.17) is 16.3 Å². The number of hydrogen-bond donors (Lipinski definition) is 1. The third-order valence-electron chi connectivity index (χ3n) is 4.73. The molecular formula is C22H28ClNO2. The Hall–Kier alpha value is -2.00. The van der Waals surface area contributed by atoms with E-state index in [1.165, 1.54) is 11.1 Å². The maximum absolute atomic E-state index is 12.8. The van der Waals surface area contributed by atoms with Crippen molar-refractivity contribution in [3.05, 3.63) is 63.7 Å². The van der Waals surface area contributed by atoms with Gasteiger partial charge in [0.1, 0.15) is 5.75 Å². The van der Waals surface area contributed by atoms with Gasteiger partial charge in [-0.15, -0.1) is 0 Å². The standard InChI is InChI=1S/C22H28ClNO2/c1-6-20(17-9-8-14(3)15(4)12-17)24-22(25)21(7-2)26-18-10-11-19(23)16(5)13-18/h8-13,20-21H,6-7H2,1-5H3,(H,24,25)/t20-,21+/m0/s1. The normalized spacial score (nSPS) is 13.2. The second-order valence-electron chi connectivity index (χ2n) is 6.74. The second-order valence-corrected chi connectivity index (χ2v) is 7.15. The number of benzene rings is 2. The molecule has 2 rings (SSSR count). The van der Waals surface area contributed by atoms with Crippen LogP contribution in [0.3, 0.4) is 0 Å². The average Bonchev–Trinajstić information content (AvgIpc) is 2.62. The Bertz CT molecular complexity index is 773. The van der Waals surface area contributed by atoms with Crippen LogP contribution >= 0.6 is 11.6 Å². The molecule has 2 aromatic carbocycles. The summed E-state index contributed by atoms with van der Waals surface area (Å²) >= 11 is 6.06. The molecular weight excluding hydrogens is 346 g/mol. The summed E-state index contributed by atoms with van der Waals surface area (Å²) in [5.41, 5.74) is 4.54. The Morgan fingerprint density at radius 3 is 2.31 bits per heavy atom. The van der Waals surface area contributed by atoms with Gasteiger partial charge in [0.25, 0.3) is 5.91 Å². The monoisotopic (exact) mass is 373 g/mol. The molecule has 2 atom stereocenters. The van der Waals surface area contributed by atoms with E-state index >= 15 is 0 Å². The zero-order valence-corrected chi connectivity index (χ0v) is 17.0. The van der Waals surface area contributed by atoms with Crippen LogP contribution in [-0.4, -0.2) is 12.0 Å². The third kappa shape index (κ3) is 5.01. The zero-order valence-electron chi connectivity index (χ0n) is 16.2. The van der Waals surface area contributed by atoms with Crippen molar-refractivity contribution in [3.63, 3.8) is 0 Å². The fraction of sp³-hybridized carbons (Fsp3) is 0.409. The largest absolute Gasteiger partial charge is 0.481 e. The molecule has 0 radical (unpaired) electrons. The number of nitrogens with one attached hydrogen (secondary N) is 1. The van der Waals surface area contributed by atoms with Crippen LogP contribution in [0.1, 0.15) is 55.0 Å². The summed E-state index contributed by atoms with van der Waals surface area (Å²) in [4.78, 5) is 12.8. The summed E-state index contributed by atoms with van der Waals surface area (Å²) < 4.78 is 5.91. The summed E-state index contributed by atoms with van der Waals surface area (Å²) in [6, 6.07) is 11.8. The third-order valence-corrected chi connectivity index (χ3v) is 5.15. The molecule has 1 amide bonds. The molecule has 1 N–H and O–H groups in total. The first kappa shape index (κ1) is 20.3. The summed E-state index contributed by atoms with van der Waals surface area (Å²) in [6.07, 6.45) is 0.887. The maximum Gasteiger partial charge on any atom is 0.261 e. The number of halogens is 1. The first-order chi connectivity index (χ1) is 12.3. The minimum Gasteiger partial charge on any atom is -0.481 e. The minimum absolute atomic E-state index is 0.0218. The van der Waals surface area contributed by atoms with Crippen LogP contribution in [0.15, 0.2) is 36.4 Å². The quantitative estimate of drug-likeness (QED) is 0.676. The highest BCUT2D eigenvalue weighted by Gasteiger charge is 2.22. The van der Waals surface area contributed by atoms with Crippen LogP contribution in [0.25, 0.3) is 0 Å². The Kier molecular flexibility index (Phi) is 7.10. The number of carbonyl (C=O) groups excluding carboxylic acids is 1. The number of amides is 1. The SMILES string of the molecule is CC[C@H](NC(=O)[C@@H](CC)Oc1ccc(Cl)c(C)c1)c1ccc(C)c(C)c1. The van der Waals surface area contributed by atoms with Crippen LogP contribution in [0.2, 0.25) is 5.02 Å². The molecule has 0 aliphatic heterocycles. The van der Waals surface area contributed by atoms with Crippen molar-refractivity contribution < 1.29 is 9.53 Å². The van der Waals surface area contributed by atoms with Crippen molar-refractivity contribution in [3.8, 4) is 5.75 Å². The van der Waals surface area contributed by atoms with Crippen LogP contribution < -0.4 is 10.1 Å². The lowest BCUT2D eigenvalue weighted by atomic mass is 9.99. The topological polar surface area (TPSA) is 38.3 Å². The lowest BCUT2D eigenvalue weighted by Gasteiger charge is -2.23. The molecule has 0 spiro atoms. The van der Waals surface area contributed by atoms with Crippen molar-refractivity contribution in [2.24, 2.45) is 0 Å². The van der Waals surface area contributed by atoms with Crippen LogP contribution in [0.4, 0.5) is 0 Å². The number of ether oxygens (including phenoxy) is 1. The van der Waals surface area contributed by atoms with Crippen molar-refractivity contribution in [1.29, 1.82) is 0 Å². The predicted molar refractivity (Wildman–Crippen MR) is 108 cm³/mol. The molecule has 4 heteroatoms. The highest BCUT2D eigenvalue weighted by molar-refractivity contribution is 6.31. The molecule has 0 aromatic heterocycles. The summed E-state index contributed by atoms with van der Waals surface area (Å²) in [5.74, 6) is 0.568. The van der Waals surface area contributed by atoms with Crippen LogP contribution in [0.5, 0.6) is 5.75 Å². The van der Waals surface area contributed by atoms with E-state index in [-0.39, 0.29) is 11.9 Å². The molecule has 3 nitrogen and oxygen atoms in total. The van der Waals surface area contributed by atoms with Gasteiger partial charge in [0.05, 0.1) is 6.04 Å². The van der Waals surface area contributed by atoms with Gasteiger partial charge in [-0.25, -0.2) is 0 Å². The molecule has 0 heterocycles. The Labute approximate surface area is 161 Å². The zero-order chi connectivity index (χ0) is 19.3. The molecule has 2 aromatic rings. The predicted octanol–water partition coefficient (Wildman–Crippen LogP) is 5.69. The average molecular weight is 374 g/mol. The van der Waals surface area contributed by atoms with E-state index in [1.807, 2.05) is 19.9 Å². The number of aryl methyl sites for hydroxylation is 3. The number of rotatable bonds is 7. The molecule has 0 bridgehead atoms. The van der Waals surface area contributed by atoms with Crippen molar-refractivity contribution in [2.75, 3.05) is 0 Å². The fourth-order valence-corrected chi connectivity index (χ4v) is 2.96. The Morgan fingerprint density at radius 1 is 1.00 bits per heavy atom. The lowest BCUT2D eigenvalue weighted by Crippen LogP contribution is -2.40. The van der Waals surface area contributed by atoms with E-state index in [0.29, 0.717) is 17.2 Å². The second kappa shape index (κ2) is 9.09. The van der Waals surface area contributed by atoms with Gasteiger partial charge in [0.2, 0.25) is 0 Å². The molecule has 0 saturated carbocycles. The molecule has 0 fully saturated rings.